The highest BCUT2D eigenvalue weighted by molar-refractivity contribution is 5.63. The van der Waals surface area contributed by atoms with Crippen LogP contribution in [0.25, 0.3) is 28.7 Å². The van der Waals surface area contributed by atoms with Crippen LogP contribution in [0.3, 0.4) is 0 Å². The van der Waals surface area contributed by atoms with Crippen molar-refractivity contribution < 1.29 is 14.0 Å². The van der Waals surface area contributed by atoms with E-state index in [2.05, 4.69) is 39.5 Å². The van der Waals surface area contributed by atoms with E-state index in [0.717, 1.165) is 23.4 Å². The zero-order chi connectivity index (χ0) is 20.4. The Hall–Kier alpha value is -3.68. The molecule has 0 bridgehead atoms. The van der Waals surface area contributed by atoms with Crippen LogP contribution in [0.1, 0.15) is 18.2 Å². The van der Waals surface area contributed by atoms with Crippen LogP contribution in [-0.2, 0) is 6.42 Å². The normalized spacial score (nSPS) is 10.9. The minimum Gasteiger partial charge on any atom is -0.493 e. The molecule has 0 saturated carbocycles. The van der Waals surface area contributed by atoms with Gasteiger partial charge in [-0.2, -0.15) is 4.98 Å². The van der Waals surface area contributed by atoms with E-state index >= 15 is 0 Å². The summed E-state index contributed by atoms with van der Waals surface area (Å²) in [6.45, 7) is 4.04. The van der Waals surface area contributed by atoms with Crippen LogP contribution >= 0.6 is 0 Å². The van der Waals surface area contributed by atoms with E-state index in [9.17, 15) is 0 Å². The Bertz CT molecular complexity index is 1150. The van der Waals surface area contributed by atoms with Gasteiger partial charge in [0.2, 0.25) is 5.82 Å². The molecular formula is C21H21N5O3. The minimum absolute atomic E-state index is 0.310. The molecule has 2 aromatic carbocycles. The van der Waals surface area contributed by atoms with Crippen LogP contribution in [0.4, 0.5) is 0 Å². The summed E-state index contributed by atoms with van der Waals surface area (Å²) in [6, 6.07) is 13.6. The summed E-state index contributed by atoms with van der Waals surface area (Å²) in [7, 11) is 3.17. The monoisotopic (exact) mass is 391 g/mol. The van der Waals surface area contributed by atoms with Gasteiger partial charge >= 0.3 is 0 Å². The summed E-state index contributed by atoms with van der Waals surface area (Å²) in [5, 5.41) is 12.6. The first-order valence-corrected chi connectivity index (χ1v) is 9.22. The molecule has 0 fully saturated rings. The summed E-state index contributed by atoms with van der Waals surface area (Å²) in [5.41, 5.74) is 4.29. The number of hydrogen-bond donors (Lipinski definition) is 0. The molecule has 0 amide bonds. The Kier molecular flexibility index (Phi) is 4.99. The van der Waals surface area contributed by atoms with Crippen LogP contribution in [-0.4, -0.2) is 39.4 Å². The molecule has 4 rings (SSSR count). The van der Waals surface area contributed by atoms with Crippen molar-refractivity contribution in [1.29, 1.82) is 0 Å². The van der Waals surface area contributed by atoms with Crippen molar-refractivity contribution in [1.82, 2.24) is 25.1 Å². The maximum absolute atomic E-state index is 5.46. The Labute approximate surface area is 168 Å². The van der Waals surface area contributed by atoms with Gasteiger partial charge in [-0.15, -0.1) is 5.10 Å². The lowest BCUT2D eigenvalue weighted by molar-refractivity contribution is 0.355. The van der Waals surface area contributed by atoms with Crippen LogP contribution in [0.5, 0.6) is 11.5 Å². The van der Waals surface area contributed by atoms with Gasteiger partial charge < -0.3 is 14.0 Å². The van der Waals surface area contributed by atoms with E-state index in [1.165, 1.54) is 5.56 Å². The molecule has 2 heterocycles. The van der Waals surface area contributed by atoms with Gasteiger partial charge in [-0.05, 0) is 49.2 Å². The van der Waals surface area contributed by atoms with Gasteiger partial charge in [0.25, 0.3) is 5.89 Å². The fourth-order valence-electron chi connectivity index (χ4n) is 3.09. The topological polar surface area (TPSA) is 88.1 Å². The summed E-state index contributed by atoms with van der Waals surface area (Å²) < 4.78 is 17.8. The SMILES string of the molecule is CCc1cccc(-n2nnc(-c3nc(-c4ccc(OC)c(OC)c4)no3)c2C)c1. The van der Waals surface area contributed by atoms with Crippen LogP contribution < -0.4 is 9.47 Å². The molecule has 0 aliphatic heterocycles. The van der Waals surface area contributed by atoms with E-state index in [1.54, 1.807) is 31.0 Å². The van der Waals surface area contributed by atoms with Crippen LogP contribution in [0.2, 0.25) is 0 Å². The molecule has 2 aromatic heterocycles. The minimum atomic E-state index is 0.310. The summed E-state index contributed by atoms with van der Waals surface area (Å²) >= 11 is 0. The van der Waals surface area contributed by atoms with Crippen molar-refractivity contribution in [2.45, 2.75) is 20.3 Å². The van der Waals surface area contributed by atoms with Crippen molar-refractivity contribution in [2.75, 3.05) is 14.2 Å². The Morgan fingerprint density at radius 2 is 1.86 bits per heavy atom. The van der Waals surface area contributed by atoms with Gasteiger partial charge in [0.15, 0.2) is 17.2 Å². The molecule has 0 spiro atoms. The lowest BCUT2D eigenvalue weighted by atomic mass is 10.1. The van der Waals surface area contributed by atoms with Crippen LogP contribution in [0.15, 0.2) is 47.0 Å². The molecule has 29 heavy (non-hydrogen) atoms. The number of aromatic nitrogens is 5. The highest BCUT2D eigenvalue weighted by atomic mass is 16.5. The molecule has 0 aliphatic rings. The Morgan fingerprint density at radius 3 is 2.62 bits per heavy atom. The number of benzene rings is 2. The van der Waals surface area contributed by atoms with Crippen molar-refractivity contribution in [2.24, 2.45) is 0 Å². The molecule has 4 aromatic rings. The molecule has 8 heteroatoms. The summed E-state index contributed by atoms with van der Waals surface area (Å²) in [6.07, 6.45) is 0.951. The molecule has 0 radical (unpaired) electrons. The lowest BCUT2D eigenvalue weighted by Gasteiger charge is -2.07. The third-order valence-electron chi connectivity index (χ3n) is 4.73. The Morgan fingerprint density at radius 1 is 1.03 bits per heavy atom. The molecule has 0 N–H and O–H groups in total. The van der Waals surface area contributed by atoms with Crippen molar-refractivity contribution in [3.8, 4) is 40.2 Å². The average molecular weight is 391 g/mol. The lowest BCUT2D eigenvalue weighted by Crippen LogP contribution is -1.99. The van der Waals surface area contributed by atoms with E-state index < -0.39 is 0 Å². The number of hydrogen-bond acceptors (Lipinski definition) is 7. The van der Waals surface area contributed by atoms with Gasteiger partial charge in [0.05, 0.1) is 25.6 Å². The highest BCUT2D eigenvalue weighted by Crippen LogP contribution is 2.32. The van der Waals surface area contributed by atoms with Gasteiger partial charge in [-0.3, -0.25) is 0 Å². The van der Waals surface area contributed by atoms with Crippen molar-refractivity contribution >= 4 is 0 Å². The average Bonchev–Trinajstić information content (AvgIpc) is 3.40. The number of aryl methyl sites for hydroxylation is 1. The molecule has 148 valence electrons. The Balaban J connectivity index is 1.68. The predicted octanol–water partition coefficient (Wildman–Crippen LogP) is 3.87. The maximum atomic E-state index is 5.46. The van der Waals surface area contributed by atoms with Gasteiger partial charge in [0.1, 0.15) is 0 Å². The molecular weight excluding hydrogens is 370 g/mol. The molecule has 0 atom stereocenters. The van der Waals surface area contributed by atoms with Gasteiger partial charge in [-0.25, -0.2) is 4.68 Å². The smallest absolute Gasteiger partial charge is 0.280 e. The standard InChI is InChI=1S/C21H21N5O3/c1-5-14-7-6-8-16(11-14)26-13(2)19(23-25-26)21-22-20(24-29-21)15-9-10-17(27-3)18(12-15)28-4/h6-12H,5H2,1-4H3. The van der Waals surface area contributed by atoms with Crippen molar-refractivity contribution in [3.05, 3.63) is 53.7 Å². The van der Waals surface area contributed by atoms with E-state index in [0.29, 0.717) is 28.9 Å². The second-order valence-electron chi connectivity index (χ2n) is 6.45. The molecule has 0 unspecified atom stereocenters. The van der Waals surface area contributed by atoms with Gasteiger partial charge in [0, 0.05) is 5.56 Å². The van der Waals surface area contributed by atoms with E-state index in [1.807, 2.05) is 25.1 Å². The zero-order valence-corrected chi connectivity index (χ0v) is 16.7. The number of rotatable bonds is 6. The second-order valence-corrected chi connectivity index (χ2v) is 6.45. The fourth-order valence-corrected chi connectivity index (χ4v) is 3.09. The predicted molar refractivity (Wildman–Crippen MR) is 107 cm³/mol. The first-order chi connectivity index (χ1) is 14.1. The third-order valence-corrected chi connectivity index (χ3v) is 4.73. The zero-order valence-electron chi connectivity index (χ0n) is 16.7. The number of ether oxygens (including phenoxy) is 2. The third kappa shape index (κ3) is 3.44. The van der Waals surface area contributed by atoms with Crippen molar-refractivity contribution in [3.63, 3.8) is 0 Å². The van der Waals surface area contributed by atoms with Crippen LogP contribution in [0, 0.1) is 6.92 Å². The molecule has 0 aliphatic carbocycles. The highest BCUT2D eigenvalue weighted by Gasteiger charge is 2.19. The summed E-state index contributed by atoms with van der Waals surface area (Å²) in [4.78, 5) is 4.49. The van der Waals surface area contributed by atoms with E-state index in [-0.39, 0.29) is 0 Å². The first-order valence-electron chi connectivity index (χ1n) is 9.22. The molecule has 0 saturated heterocycles. The second kappa shape index (κ2) is 7.75. The summed E-state index contributed by atoms with van der Waals surface area (Å²) in [5.74, 6) is 1.97. The quantitative estimate of drug-likeness (QED) is 0.493. The number of methoxy groups -OCH3 is 2. The largest absolute Gasteiger partial charge is 0.493 e. The fraction of sp³-hybridized carbons (Fsp3) is 0.238. The van der Waals surface area contributed by atoms with E-state index in [4.69, 9.17) is 14.0 Å². The van der Waals surface area contributed by atoms with Gasteiger partial charge in [-0.1, -0.05) is 29.4 Å². The maximum Gasteiger partial charge on any atom is 0.280 e. The number of nitrogens with zero attached hydrogens (tertiary/aromatic N) is 5. The molecule has 8 nitrogen and oxygen atoms in total. The first kappa shape index (κ1) is 18.7.